The lowest BCUT2D eigenvalue weighted by Crippen LogP contribution is -2.43. The molecule has 1 aromatic heterocycles. The van der Waals surface area contributed by atoms with Crippen molar-refractivity contribution in [2.75, 3.05) is 7.11 Å². The largest absolute Gasteiger partial charge is 0.467 e. The number of hydrogen-bond donors (Lipinski definition) is 1. The molecule has 0 aliphatic heterocycles. The third-order valence-electron chi connectivity index (χ3n) is 3.98. The molecule has 1 heterocycles. The number of carbonyl (C=O) groups excluding carboxylic acids is 2. The highest BCUT2D eigenvalue weighted by Gasteiger charge is 2.23. The first-order valence-corrected chi connectivity index (χ1v) is 8.20. The van der Waals surface area contributed by atoms with Gasteiger partial charge in [0.2, 0.25) is 0 Å². The molecule has 0 spiro atoms. The predicted octanol–water partition coefficient (Wildman–Crippen LogP) is 2.02. The zero-order valence-electron chi connectivity index (χ0n) is 14.5. The van der Waals surface area contributed by atoms with Crippen LogP contribution in [0.3, 0.4) is 0 Å². The average Bonchev–Trinajstić information content (AvgIpc) is 2.72. The molecular formula is C20H16N4O3. The van der Waals surface area contributed by atoms with Crippen LogP contribution in [-0.4, -0.2) is 35.0 Å². The topological polar surface area (TPSA) is 105 Å². The van der Waals surface area contributed by atoms with Crippen LogP contribution in [0.15, 0.2) is 54.7 Å². The highest BCUT2D eigenvalue weighted by molar-refractivity contribution is 5.96. The van der Waals surface area contributed by atoms with Gasteiger partial charge in [-0.2, -0.15) is 5.26 Å². The maximum atomic E-state index is 12.4. The van der Waals surface area contributed by atoms with Crippen molar-refractivity contribution in [1.29, 1.82) is 5.26 Å². The van der Waals surface area contributed by atoms with Gasteiger partial charge in [0, 0.05) is 18.2 Å². The second-order valence-corrected chi connectivity index (χ2v) is 5.79. The van der Waals surface area contributed by atoms with E-state index in [1.165, 1.54) is 31.4 Å². The third kappa shape index (κ3) is 4.25. The summed E-state index contributed by atoms with van der Waals surface area (Å²) in [4.78, 5) is 33.4. The number of esters is 1. The summed E-state index contributed by atoms with van der Waals surface area (Å²) in [6.07, 6.45) is 1.72. The molecule has 0 fully saturated rings. The molecule has 0 saturated heterocycles. The first kappa shape index (κ1) is 18.0. The Hall–Kier alpha value is -3.79. The van der Waals surface area contributed by atoms with Crippen LogP contribution in [0.4, 0.5) is 0 Å². The monoisotopic (exact) mass is 360 g/mol. The molecule has 27 heavy (non-hydrogen) atoms. The molecule has 0 saturated carbocycles. The average molecular weight is 360 g/mol. The number of nitrogens with zero attached hydrogens (tertiary/aromatic N) is 3. The highest BCUT2D eigenvalue weighted by atomic mass is 16.5. The lowest BCUT2D eigenvalue weighted by molar-refractivity contribution is -0.142. The van der Waals surface area contributed by atoms with E-state index in [1.807, 2.05) is 30.3 Å². The molecule has 1 atom stereocenters. The molecule has 2 aromatic carbocycles. The van der Waals surface area contributed by atoms with Gasteiger partial charge in [0.1, 0.15) is 6.04 Å². The van der Waals surface area contributed by atoms with Crippen molar-refractivity contribution in [3.8, 4) is 6.07 Å². The second kappa shape index (κ2) is 8.06. The molecule has 3 aromatic rings. The Morgan fingerprint density at radius 3 is 2.52 bits per heavy atom. The van der Waals surface area contributed by atoms with E-state index < -0.39 is 17.9 Å². The van der Waals surface area contributed by atoms with Crippen molar-refractivity contribution in [1.82, 2.24) is 15.3 Å². The van der Waals surface area contributed by atoms with Gasteiger partial charge in [-0.25, -0.2) is 9.78 Å². The molecule has 1 amide bonds. The highest BCUT2D eigenvalue weighted by Crippen LogP contribution is 2.11. The van der Waals surface area contributed by atoms with Crippen molar-refractivity contribution in [2.24, 2.45) is 0 Å². The van der Waals surface area contributed by atoms with E-state index in [-0.39, 0.29) is 6.42 Å². The zero-order chi connectivity index (χ0) is 19.2. The Bertz CT molecular complexity index is 1030. The number of ether oxygens (including phenoxy) is 1. The number of nitrogens with one attached hydrogen (secondary N) is 1. The van der Waals surface area contributed by atoms with Gasteiger partial charge in [-0.15, -0.1) is 0 Å². The summed E-state index contributed by atoms with van der Waals surface area (Å²) in [7, 11) is 1.26. The van der Waals surface area contributed by atoms with Crippen molar-refractivity contribution < 1.29 is 14.3 Å². The van der Waals surface area contributed by atoms with Crippen molar-refractivity contribution in [2.45, 2.75) is 12.5 Å². The zero-order valence-corrected chi connectivity index (χ0v) is 14.5. The van der Waals surface area contributed by atoms with Crippen molar-refractivity contribution in [3.05, 3.63) is 71.5 Å². The molecule has 0 aliphatic rings. The molecular weight excluding hydrogens is 344 g/mol. The maximum Gasteiger partial charge on any atom is 0.328 e. The number of methoxy groups -OCH3 is 1. The molecule has 0 unspecified atom stereocenters. The van der Waals surface area contributed by atoms with E-state index in [9.17, 15) is 9.59 Å². The van der Waals surface area contributed by atoms with E-state index in [4.69, 9.17) is 10.00 Å². The molecule has 0 radical (unpaired) electrons. The fraction of sp³-hybridized carbons (Fsp3) is 0.150. The van der Waals surface area contributed by atoms with Gasteiger partial charge in [0.05, 0.1) is 35.5 Å². The number of rotatable bonds is 5. The summed E-state index contributed by atoms with van der Waals surface area (Å²) >= 11 is 0. The molecule has 3 rings (SSSR count). The van der Waals surface area contributed by atoms with Crippen LogP contribution in [0.1, 0.15) is 21.6 Å². The standard InChI is InChI=1S/C20H16N4O3/c1-27-20(26)18(24-19(25)14-8-6-13(11-21)7-9-14)10-15-12-22-16-4-2-3-5-17(16)23-15/h2-9,12,18H,10H2,1H3,(H,24,25)/t18-/m0/s1. The predicted molar refractivity (Wildman–Crippen MR) is 97.7 cm³/mol. The minimum Gasteiger partial charge on any atom is -0.467 e. The Labute approximate surface area is 155 Å². The number of hydrogen-bond acceptors (Lipinski definition) is 6. The summed E-state index contributed by atoms with van der Waals surface area (Å²) in [5.74, 6) is -1.02. The number of aromatic nitrogens is 2. The minimum absolute atomic E-state index is 0.145. The van der Waals surface area contributed by atoms with Crippen LogP contribution in [0, 0.1) is 11.3 Å². The first-order valence-electron chi connectivity index (χ1n) is 8.20. The van der Waals surface area contributed by atoms with E-state index in [0.29, 0.717) is 22.3 Å². The summed E-state index contributed by atoms with van der Waals surface area (Å²) in [5.41, 5.74) is 2.80. The van der Waals surface area contributed by atoms with Crippen LogP contribution in [-0.2, 0) is 16.0 Å². The molecule has 7 heteroatoms. The van der Waals surface area contributed by atoms with Gasteiger partial charge in [-0.1, -0.05) is 12.1 Å². The van der Waals surface area contributed by atoms with Gasteiger partial charge in [-0.3, -0.25) is 9.78 Å². The first-order chi connectivity index (χ1) is 13.1. The Morgan fingerprint density at radius 2 is 1.85 bits per heavy atom. The number of para-hydroxylation sites is 2. The van der Waals surface area contributed by atoms with E-state index in [0.717, 1.165) is 5.52 Å². The maximum absolute atomic E-state index is 12.4. The normalized spacial score (nSPS) is 11.4. The summed E-state index contributed by atoms with van der Waals surface area (Å²) in [5, 5.41) is 11.5. The van der Waals surface area contributed by atoms with Gasteiger partial charge in [0.25, 0.3) is 5.91 Å². The Kier molecular flexibility index (Phi) is 5.38. The van der Waals surface area contributed by atoms with E-state index in [2.05, 4.69) is 15.3 Å². The molecule has 7 nitrogen and oxygen atoms in total. The lowest BCUT2D eigenvalue weighted by Gasteiger charge is -2.16. The fourth-order valence-corrected chi connectivity index (χ4v) is 2.58. The SMILES string of the molecule is COC(=O)[C@H](Cc1cnc2ccccc2n1)NC(=O)c1ccc(C#N)cc1. The smallest absolute Gasteiger partial charge is 0.328 e. The van der Waals surface area contributed by atoms with E-state index in [1.54, 1.807) is 6.20 Å². The molecule has 0 bridgehead atoms. The minimum atomic E-state index is -0.909. The molecule has 134 valence electrons. The fourth-order valence-electron chi connectivity index (χ4n) is 2.58. The van der Waals surface area contributed by atoms with E-state index >= 15 is 0 Å². The number of fused-ring (bicyclic) bond motifs is 1. The van der Waals surface area contributed by atoms with Crippen LogP contribution < -0.4 is 5.32 Å². The Morgan fingerprint density at radius 1 is 1.15 bits per heavy atom. The quantitative estimate of drug-likeness (QED) is 0.698. The summed E-state index contributed by atoms with van der Waals surface area (Å²) in [6.45, 7) is 0. The van der Waals surface area contributed by atoms with Crippen LogP contribution in [0.25, 0.3) is 11.0 Å². The van der Waals surface area contributed by atoms with Gasteiger partial charge < -0.3 is 10.1 Å². The third-order valence-corrected chi connectivity index (χ3v) is 3.98. The number of amides is 1. The van der Waals surface area contributed by atoms with Crippen molar-refractivity contribution in [3.63, 3.8) is 0 Å². The van der Waals surface area contributed by atoms with Crippen LogP contribution in [0.2, 0.25) is 0 Å². The number of nitriles is 1. The van der Waals surface area contributed by atoms with Crippen LogP contribution >= 0.6 is 0 Å². The Balaban J connectivity index is 1.79. The second-order valence-electron chi connectivity index (χ2n) is 5.79. The van der Waals surface area contributed by atoms with Crippen LogP contribution in [0.5, 0.6) is 0 Å². The molecule has 1 N–H and O–H groups in total. The lowest BCUT2D eigenvalue weighted by atomic mass is 10.1. The van der Waals surface area contributed by atoms with Gasteiger partial charge in [-0.05, 0) is 36.4 Å². The molecule has 0 aliphatic carbocycles. The number of carbonyl (C=O) groups is 2. The summed E-state index contributed by atoms with van der Waals surface area (Å²) in [6, 6.07) is 14.6. The summed E-state index contributed by atoms with van der Waals surface area (Å²) < 4.78 is 4.80. The van der Waals surface area contributed by atoms with Gasteiger partial charge in [0.15, 0.2) is 0 Å². The van der Waals surface area contributed by atoms with Gasteiger partial charge >= 0.3 is 5.97 Å². The number of benzene rings is 2. The van der Waals surface area contributed by atoms with Crippen molar-refractivity contribution >= 4 is 22.9 Å².